The van der Waals surface area contributed by atoms with Crippen molar-refractivity contribution in [1.82, 2.24) is 0 Å². The van der Waals surface area contributed by atoms with Gasteiger partial charge >= 0.3 is 0 Å². The normalized spacial score (nSPS) is 15.0. The van der Waals surface area contributed by atoms with E-state index in [1.165, 1.54) is 5.56 Å². The second kappa shape index (κ2) is 7.08. The highest BCUT2D eigenvalue weighted by Crippen LogP contribution is 2.65. The summed E-state index contributed by atoms with van der Waals surface area (Å²) in [5.41, 5.74) is 4.83. The molecule has 3 rings (SSSR count). The predicted molar refractivity (Wildman–Crippen MR) is 117 cm³/mol. The first-order valence-corrected chi connectivity index (χ1v) is 10.6. The molecule has 0 amide bonds. The maximum absolute atomic E-state index is 6.51. The van der Waals surface area contributed by atoms with E-state index in [-0.39, 0.29) is 0 Å². The van der Waals surface area contributed by atoms with Gasteiger partial charge in [-0.1, -0.05) is 147 Å². The summed E-state index contributed by atoms with van der Waals surface area (Å²) in [6.45, 7) is 0. The molecule has 140 valence electrons. The molecule has 0 radical (unpaired) electrons. The predicted octanol–water partition coefficient (Wildman–Crippen LogP) is 8.61. The molecule has 0 heterocycles. The van der Waals surface area contributed by atoms with E-state index >= 15 is 0 Å². The quantitative estimate of drug-likeness (QED) is 0.297. The van der Waals surface area contributed by atoms with Gasteiger partial charge < -0.3 is 0 Å². The van der Waals surface area contributed by atoms with Gasteiger partial charge in [0.15, 0.2) is 8.67 Å². The molecule has 0 fully saturated rings. The van der Waals surface area contributed by atoms with Crippen molar-refractivity contribution in [2.75, 3.05) is 0 Å². The molecule has 2 aromatic carbocycles. The Morgan fingerprint density at radius 1 is 0.615 bits per heavy atom. The minimum Gasteiger partial charge on any atom is -0.0943 e. The van der Waals surface area contributed by atoms with Gasteiger partial charge in [0.1, 0.15) is 0 Å². The van der Waals surface area contributed by atoms with Crippen molar-refractivity contribution in [3.05, 3.63) is 59.2 Å². The molecule has 0 aliphatic heterocycles. The van der Waals surface area contributed by atoms with Crippen LogP contribution in [0.3, 0.4) is 0 Å². The highest BCUT2D eigenvalue weighted by molar-refractivity contribution is 6.80. The minimum absolute atomic E-state index is 0.386. The number of hydrogen-bond donors (Lipinski definition) is 0. The first-order valence-electron chi connectivity index (χ1n) is 7.22. The lowest BCUT2D eigenvalue weighted by molar-refractivity contribution is 0.600. The summed E-state index contributed by atoms with van der Waals surface area (Å²) in [7, 11) is 0. The average Bonchev–Trinajstić information content (AvgIpc) is 2.91. The molecular weight excluding hydrogens is 523 g/mol. The van der Waals surface area contributed by atoms with Crippen molar-refractivity contribution < 1.29 is 0 Å². The standard InChI is InChI=1S/C17H9Cl9/c18-14(19,15(20,21)16(22,23)17(24,25)26)11-5-6-13-10(8-11)7-9-3-1-2-4-12(9)13/h1-6,8H,7H2. The molecule has 0 aromatic heterocycles. The number of halogens is 9. The molecule has 0 bridgehead atoms. The van der Waals surface area contributed by atoms with E-state index in [1.54, 1.807) is 12.1 Å². The Morgan fingerprint density at radius 2 is 1.19 bits per heavy atom. The highest BCUT2D eigenvalue weighted by atomic mass is 35.6. The van der Waals surface area contributed by atoms with E-state index in [9.17, 15) is 0 Å². The molecule has 9 heteroatoms. The van der Waals surface area contributed by atoms with Gasteiger partial charge in [0, 0.05) is 0 Å². The Kier molecular flexibility index (Phi) is 5.92. The van der Waals surface area contributed by atoms with Crippen LogP contribution >= 0.6 is 104 Å². The Balaban J connectivity index is 2.05. The second-order valence-electron chi connectivity index (χ2n) is 5.93. The van der Waals surface area contributed by atoms with Crippen LogP contribution in [0.25, 0.3) is 11.1 Å². The van der Waals surface area contributed by atoms with E-state index in [4.69, 9.17) is 104 Å². The lowest BCUT2D eigenvalue weighted by Gasteiger charge is -2.44. The summed E-state index contributed by atoms with van der Waals surface area (Å²) in [5, 5.41) is 0. The summed E-state index contributed by atoms with van der Waals surface area (Å²) in [5.74, 6) is 0. The van der Waals surface area contributed by atoms with Crippen LogP contribution in [0.4, 0.5) is 0 Å². The van der Waals surface area contributed by atoms with Gasteiger partial charge in [0.25, 0.3) is 0 Å². The van der Waals surface area contributed by atoms with E-state index in [0.717, 1.165) is 23.1 Å². The van der Waals surface area contributed by atoms with Crippen molar-refractivity contribution in [2.24, 2.45) is 0 Å². The van der Waals surface area contributed by atoms with Crippen LogP contribution in [0.1, 0.15) is 16.7 Å². The van der Waals surface area contributed by atoms with Gasteiger partial charge in [-0.25, -0.2) is 0 Å². The zero-order valence-electron chi connectivity index (χ0n) is 12.7. The summed E-state index contributed by atoms with van der Waals surface area (Å²) in [6, 6.07) is 13.5. The minimum atomic E-state index is -2.31. The van der Waals surface area contributed by atoms with Gasteiger partial charge in [-0.05, 0) is 34.2 Å². The maximum Gasteiger partial charge on any atom is 0.226 e. The zero-order chi connectivity index (χ0) is 19.5. The van der Waals surface area contributed by atoms with Crippen molar-refractivity contribution in [1.29, 1.82) is 0 Å². The van der Waals surface area contributed by atoms with E-state index in [1.807, 2.05) is 24.3 Å². The third-order valence-corrected chi connectivity index (χ3v) is 9.78. The van der Waals surface area contributed by atoms with Crippen LogP contribution in [-0.4, -0.2) is 12.5 Å². The molecule has 0 saturated heterocycles. The van der Waals surface area contributed by atoms with Crippen LogP contribution in [-0.2, 0) is 10.8 Å². The number of hydrogen-bond acceptors (Lipinski definition) is 0. The fourth-order valence-electron chi connectivity index (χ4n) is 2.90. The van der Waals surface area contributed by atoms with Crippen LogP contribution < -0.4 is 0 Å². The molecule has 0 spiro atoms. The molecule has 1 aliphatic rings. The summed E-state index contributed by atoms with van der Waals surface area (Å²) in [6.07, 6.45) is 0.720. The number of rotatable bonds is 3. The average molecular weight is 532 g/mol. The number of alkyl halides is 9. The summed E-state index contributed by atoms with van der Waals surface area (Å²) >= 11 is 55.6. The Morgan fingerprint density at radius 3 is 1.81 bits per heavy atom. The summed E-state index contributed by atoms with van der Waals surface area (Å²) < 4.78 is -8.77. The van der Waals surface area contributed by atoms with Crippen molar-refractivity contribution in [2.45, 2.75) is 23.2 Å². The van der Waals surface area contributed by atoms with Crippen molar-refractivity contribution in [3.63, 3.8) is 0 Å². The second-order valence-corrected chi connectivity index (χ2v) is 12.2. The number of benzene rings is 2. The van der Waals surface area contributed by atoms with Crippen molar-refractivity contribution >= 4 is 104 Å². The lowest BCUT2D eigenvalue weighted by atomic mass is 9.99. The molecular formula is C17H9Cl9. The summed E-state index contributed by atoms with van der Waals surface area (Å²) in [4.78, 5) is 0. The molecule has 26 heavy (non-hydrogen) atoms. The van der Waals surface area contributed by atoms with Crippen molar-refractivity contribution in [3.8, 4) is 11.1 Å². The van der Waals surface area contributed by atoms with Gasteiger partial charge in [-0.3, -0.25) is 0 Å². The smallest absolute Gasteiger partial charge is 0.0943 e. The largest absolute Gasteiger partial charge is 0.226 e. The third kappa shape index (κ3) is 3.32. The lowest BCUT2D eigenvalue weighted by Crippen LogP contribution is -2.54. The Bertz CT molecular complexity index is 850. The third-order valence-electron chi connectivity index (χ3n) is 4.30. The monoisotopic (exact) mass is 528 g/mol. The molecule has 0 N–H and O–H groups in total. The van der Waals surface area contributed by atoms with Crippen LogP contribution in [0.2, 0.25) is 0 Å². The van der Waals surface area contributed by atoms with Gasteiger partial charge in [0.05, 0.1) is 0 Å². The molecule has 0 atom stereocenters. The van der Waals surface area contributed by atoms with Crippen LogP contribution in [0, 0.1) is 0 Å². The highest BCUT2D eigenvalue weighted by Gasteiger charge is 2.68. The van der Waals surface area contributed by atoms with Crippen LogP contribution in [0.5, 0.6) is 0 Å². The Hall–Kier alpha value is 1.05. The van der Waals surface area contributed by atoms with Crippen LogP contribution in [0.15, 0.2) is 42.5 Å². The van der Waals surface area contributed by atoms with Gasteiger partial charge in [-0.15, -0.1) is 0 Å². The maximum atomic E-state index is 6.51. The molecule has 0 unspecified atom stereocenters. The van der Waals surface area contributed by atoms with E-state index < -0.39 is 16.8 Å². The topological polar surface area (TPSA) is 0 Å². The van der Waals surface area contributed by atoms with E-state index in [2.05, 4.69) is 6.07 Å². The molecule has 0 nitrogen and oxygen atoms in total. The van der Waals surface area contributed by atoms with Gasteiger partial charge in [0.2, 0.25) is 8.13 Å². The molecule has 1 aliphatic carbocycles. The first-order chi connectivity index (χ1) is 11.8. The zero-order valence-corrected chi connectivity index (χ0v) is 19.5. The first kappa shape index (κ1) is 21.8. The van der Waals surface area contributed by atoms with E-state index in [0.29, 0.717) is 5.56 Å². The SMILES string of the molecule is ClC(Cl)(Cl)C(Cl)(Cl)C(Cl)(Cl)C(Cl)(Cl)c1ccc2c(c1)Cc1ccccc1-2. The number of fused-ring (bicyclic) bond motifs is 3. The molecule has 2 aromatic rings. The Labute approximate surface area is 196 Å². The van der Waals surface area contributed by atoms with Gasteiger partial charge in [-0.2, -0.15) is 0 Å². The fraction of sp³-hybridized carbons (Fsp3) is 0.294. The molecule has 0 saturated carbocycles. The fourth-order valence-corrected chi connectivity index (χ4v) is 5.11.